The highest BCUT2D eigenvalue weighted by atomic mass is 35.5. The molecule has 2 atom stereocenters. The van der Waals surface area contributed by atoms with E-state index in [2.05, 4.69) is 19.7 Å². The smallest absolute Gasteiger partial charge is 0.223 e. The van der Waals surface area contributed by atoms with E-state index in [0.717, 1.165) is 19.3 Å². The minimum Gasteiger partial charge on any atom is -0.364 e. The van der Waals surface area contributed by atoms with E-state index in [0.29, 0.717) is 12.2 Å². The molecular weight excluding hydrogens is 344 g/mol. The number of amides is 1. The maximum Gasteiger partial charge on any atom is 0.223 e. The standard InChI is InChI=1S/C13H22N4O4S.ClH/c14-8-10-2-1-3-12(10)13(18)15-5-6-16-22(19,20)9-11-4-7-21-17-11;/h4,7,10,12,16H,1-3,5-6,8-9,14H2,(H,15,18);1H/t10-,12-;/m1./s1. The van der Waals surface area contributed by atoms with Gasteiger partial charge >= 0.3 is 0 Å². The third kappa shape index (κ3) is 6.09. The first-order valence-corrected chi connectivity index (χ1v) is 9.01. The third-order valence-corrected chi connectivity index (χ3v) is 5.19. The highest BCUT2D eigenvalue weighted by Gasteiger charge is 2.31. The number of hydrogen-bond acceptors (Lipinski definition) is 6. The number of carbonyl (C=O) groups is 1. The van der Waals surface area contributed by atoms with Gasteiger partial charge in [-0.05, 0) is 25.3 Å². The molecular formula is C13H23ClN4O4S. The predicted molar refractivity (Wildman–Crippen MR) is 87.3 cm³/mol. The summed E-state index contributed by atoms with van der Waals surface area (Å²) in [7, 11) is -3.48. The van der Waals surface area contributed by atoms with E-state index < -0.39 is 10.0 Å². The minimum absolute atomic E-state index is 0. The lowest BCUT2D eigenvalue weighted by Gasteiger charge is -2.17. The highest BCUT2D eigenvalue weighted by molar-refractivity contribution is 7.88. The van der Waals surface area contributed by atoms with Crippen molar-refractivity contribution in [1.29, 1.82) is 0 Å². The molecule has 0 aromatic carbocycles. The summed E-state index contributed by atoms with van der Waals surface area (Å²) in [5, 5.41) is 6.32. The lowest BCUT2D eigenvalue weighted by molar-refractivity contribution is -0.125. The van der Waals surface area contributed by atoms with Gasteiger partial charge in [0.05, 0.1) is 5.69 Å². The molecule has 1 aromatic heterocycles. The molecule has 0 spiro atoms. The molecule has 0 saturated heterocycles. The van der Waals surface area contributed by atoms with E-state index in [-0.39, 0.29) is 49.0 Å². The summed E-state index contributed by atoms with van der Waals surface area (Å²) in [6.07, 6.45) is 4.18. The van der Waals surface area contributed by atoms with Crippen molar-refractivity contribution in [3.05, 3.63) is 18.0 Å². The van der Waals surface area contributed by atoms with Crippen molar-refractivity contribution in [2.75, 3.05) is 19.6 Å². The van der Waals surface area contributed by atoms with Gasteiger partial charge in [0.1, 0.15) is 12.0 Å². The first kappa shape index (κ1) is 19.9. The Bertz CT molecular complexity index is 579. The average Bonchev–Trinajstić information content (AvgIpc) is 3.13. The van der Waals surface area contributed by atoms with Crippen LogP contribution in [-0.2, 0) is 20.6 Å². The zero-order valence-electron chi connectivity index (χ0n) is 12.7. The number of rotatable bonds is 8. The molecule has 0 aliphatic heterocycles. The van der Waals surface area contributed by atoms with Crippen LogP contribution in [-0.4, -0.2) is 39.1 Å². The lowest BCUT2D eigenvalue weighted by atomic mass is 9.95. The third-order valence-electron chi connectivity index (χ3n) is 3.87. The second-order valence-electron chi connectivity index (χ2n) is 5.47. The van der Waals surface area contributed by atoms with E-state index in [9.17, 15) is 13.2 Å². The molecule has 0 radical (unpaired) electrons. The lowest BCUT2D eigenvalue weighted by Crippen LogP contribution is -2.39. The number of hydrogen-bond donors (Lipinski definition) is 3. The van der Waals surface area contributed by atoms with Gasteiger partial charge in [-0.2, -0.15) is 0 Å². The number of nitrogens with two attached hydrogens (primary N) is 1. The van der Waals surface area contributed by atoms with Gasteiger partial charge in [-0.25, -0.2) is 13.1 Å². The van der Waals surface area contributed by atoms with Crippen molar-refractivity contribution in [2.45, 2.75) is 25.0 Å². The molecule has 4 N–H and O–H groups in total. The molecule has 1 saturated carbocycles. The van der Waals surface area contributed by atoms with Gasteiger partial charge in [0.25, 0.3) is 0 Å². The van der Waals surface area contributed by atoms with E-state index >= 15 is 0 Å². The van der Waals surface area contributed by atoms with Gasteiger partial charge < -0.3 is 15.6 Å². The molecule has 1 heterocycles. The summed E-state index contributed by atoms with van der Waals surface area (Å²) in [5.74, 6) is -0.0840. The zero-order chi connectivity index (χ0) is 16.0. The average molecular weight is 367 g/mol. The molecule has 8 nitrogen and oxygen atoms in total. The molecule has 132 valence electrons. The Labute approximate surface area is 142 Å². The van der Waals surface area contributed by atoms with Crippen molar-refractivity contribution in [3.8, 4) is 0 Å². The SMILES string of the molecule is Cl.NC[C@H]1CCC[C@H]1C(=O)NCCNS(=O)(=O)Cc1ccon1. The van der Waals surface area contributed by atoms with Crippen LogP contribution in [0.1, 0.15) is 25.0 Å². The summed E-state index contributed by atoms with van der Waals surface area (Å²) in [4.78, 5) is 12.0. The number of sulfonamides is 1. The van der Waals surface area contributed by atoms with Gasteiger partial charge in [-0.15, -0.1) is 12.4 Å². The first-order valence-electron chi connectivity index (χ1n) is 7.36. The number of nitrogens with one attached hydrogen (secondary N) is 2. The largest absolute Gasteiger partial charge is 0.364 e. The summed E-state index contributed by atoms with van der Waals surface area (Å²) in [6.45, 7) is 0.916. The minimum atomic E-state index is -3.48. The van der Waals surface area contributed by atoms with Gasteiger partial charge in [0, 0.05) is 25.1 Å². The second-order valence-corrected chi connectivity index (χ2v) is 7.28. The van der Waals surface area contributed by atoms with E-state index in [1.807, 2.05) is 0 Å². The maximum absolute atomic E-state index is 12.0. The number of nitrogens with zero attached hydrogens (tertiary/aromatic N) is 1. The van der Waals surface area contributed by atoms with Crippen molar-refractivity contribution in [3.63, 3.8) is 0 Å². The summed E-state index contributed by atoms with van der Waals surface area (Å²) < 4.78 is 30.6. The first-order chi connectivity index (χ1) is 10.5. The van der Waals surface area contributed by atoms with Crippen LogP contribution in [0.2, 0.25) is 0 Å². The van der Waals surface area contributed by atoms with Crippen molar-refractivity contribution >= 4 is 28.3 Å². The van der Waals surface area contributed by atoms with Crippen LogP contribution in [0.4, 0.5) is 0 Å². The molecule has 10 heteroatoms. The summed E-state index contributed by atoms with van der Waals surface area (Å²) >= 11 is 0. The van der Waals surface area contributed by atoms with Gasteiger partial charge in [0.15, 0.2) is 0 Å². The second kappa shape index (κ2) is 9.21. The number of aromatic nitrogens is 1. The quantitative estimate of drug-likeness (QED) is 0.556. The van der Waals surface area contributed by atoms with Crippen LogP contribution in [0.25, 0.3) is 0 Å². The van der Waals surface area contributed by atoms with Crippen LogP contribution in [0, 0.1) is 11.8 Å². The Kier molecular flexibility index (Phi) is 7.97. The molecule has 0 unspecified atom stereocenters. The predicted octanol–water partition coefficient (Wildman–Crippen LogP) is 0.00700. The zero-order valence-corrected chi connectivity index (χ0v) is 14.4. The van der Waals surface area contributed by atoms with Crippen LogP contribution in [0.3, 0.4) is 0 Å². The number of halogens is 1. The normalized spacial score (nSPS) is 20.9. The monoisotopic (exact) mass is 366 g/mol. The maximum atomic E-state index is 12.0. The van der Waals surface area contributed by atoms with E-state index in [1.54, 1.807) is 0 Å². The molecule has 1 aromatic rings. The Morgan fingerprint density at radius 2 is 2.17 bits per heavy atom. The Balaban J connectivity index is 0.00000264. The van der Waals surface area contributed by atoms with Crippen molar-refractivity contribution < 1.29 is 17.7 Å². The summed E-state index contributed by atoms with van der Waals surface area (Å²) in [6, 6.07) is 1.49. The molecule has 0 bridgehead atoms. The van der Waals surface area contributed by atoms with Crippen LogP contribution in [0.15, 0.2) is 16.9 Å². The Hall–Kier alpha value is -1.16. The van der Waals surface area contributed by atoms with E-state index in [4.69, 9.17) is 5.73 Å². The molecule has 23 heavy (non-hydrogen) atoms. The van der Waals surface area contributed by atoms with Gasteiger partial charge in [-0.3, -0.25) is 4.79 Å². The fourth-order valence-electron chi connectivity index (χ4n) is 2.75. The molecule has 1 aliphatic rings. The topological polar surface area (TPSA) is 127 Å². The Morgan fingerprint density at radius 3 is 2.83 bits per heavy atom. The van der Waals surface area contributed by atoms with Crippen LogP contribution in [0.5, 0.6) is 0 Å². The van der Waals surface area contributed by atoms with Gasteiger partial charge in [-0.1, -0.05) is 11.6 Å². The molecule has 1 amide bonds. The highest BCUT2D eigenvalue weighted by Crippen LogP contribution is 2.30. The fraction of sp³-hybridized carbons (Fsp3) is 0.692. The van der Waals surface area contributed by atoms with Crippen LogP contribution >= 0.6 is 12.4 Å². The Morgan fingerprint density at radius 1 is 1.39 bits per heavy atom. The van der Waals surface area contributed by atoms with Crippen LogP contribution < -0.4 is 15.8 Å². The molecule has 1 fully saturated rings. The molecule has 2 rings (SSSR count). The van der Waals surface area contributed by atoms with Crippen molar-refractivity contribution in [1.82, 2.24) is 15.2 Å². The molecule has 1 aliphatic carbocycles. The summed E-state index contributed by atoms with van der Waals surface area (Å²) in [5.41, 5.74) is 5.99. The number of carbonyl (C=O) groups excluding carboxylic acids is 1. The fourth-order valence-corrected chi connectivity index (χ4v) is 3.80. The van der Waals surface area contributed by atoms with Crippen molar-refractivity contribution in [2.24, 2.45) is 17.6 Å². The van der Waals surface area contributed by atoms with E-state index in [1.165, 1.54) is 12.3 Å². The van der Waals surface area contributed by atoms with Gasteiger partial charge in [0.2, 0.25) is 15.9 Å².